The van der Waals surface area contributed by atoms with Gasteiger partial charge in [-0.15, -0.1) is 0 Å². The number of likely N-dealkylation sites (tertiary alicyclic amines) is 1. The van der Waals surface area contributed by atoms with Crippen LogP contribution in [0.3, 0.4) is 0 Å². The molecule has 1 N–H and O–H groups in total. The lowest BCUT2D eigenvalue weighted by Crippen LogP contribution is -2.51. The molecule has 1 aromatic heterocycles. The molecule has 28 heavy (non-hydrogen) atoms. The molecule has 0 saturated carbocycles. The first-order valence-electron chi connectivity index (χ1n) is 10.4. The predicted molar refractivity (Wildman–Crippen MR) is 109 cm³/mol. The molecule has 0 spiro atoms. The number of nitrogens with zero attached hydrogens (tertiary/aromatic N) is 2. The van der Waals surface area contributed by atoms with E-state index >= 15 is 0 Å². The molecule has 0 radical (unpaired) electrons. The van der Waals surface area contributed by atoms with Crippen molar-refractivity contribution in [2.45, 2.75) is 44.7 Å². The van der Waals surface area contributed by atoms with Crippen LogP contribution in [0.15, 0.2) is 48.7 Å². The summed E-state index contributed by atoms with van der Waals surface area (Å²) in [6, 6.07) is 14.4. The van der Waals surface area contributed by atoms with Gasteiger partial charge in [-0.1, -0.05) is 30.7 Å². The molecule has 5 nitrogen and oxygen atoms in total. The third-order valence-electron chi connectivity index (χ3n) is 5.88. The van der Waals surface area contributed by atoms with Gasteiger partial charge in [0.15, 0.2) is 6.61 Å². The third-order valence-corrected chi connectivity index (χ3v) is 5.88. The maximum absolute atomic E-state index is 12.5. The normalized spacial score (nSPS) is 23.9. The summed E-state index contributed by atoms with van der Waals surface area (Å²) in [6.45, 7) is 2.98. The molecule has 1 fully saturated rings. The van der Waals surface area contributed by atoms with Crippen molar-refractivity contribution in [1.82, 2.24) is 15.2 Å². The van der Waals surface area contributed by atoms with E-state index in [0.29, 0.717) is 5.92 Å². The number of carbonyl (C=O) groups is 1. The van der Waals surface area contributed by atoms with Crippen LogP contribution >= 0.6 is 0 Å². The predicted octanol–water partition coefficient (Wildman–Crippen LogP) is 3.19. The molecule has 2 aromatic rings. The maximum atomic E-state index is 12.5. The van der Waals surface area contributed by atoms with Gasteiger partial charge in [0.05, 0.1) is 5.69 Å². The second-order valence-corrected chi connectivity index (χ2v) is 7.92. The van der Waals surface area contributed by atoms with E-state index in [4.69, 9.17) is 4.74 Å². The first-order chi connectivity index (χ1) is 13.8. The molecule has 5 heteroatoms. The van der Waals surface area contributed by atoms with Crippen LogP contribution in [0.5, 0.6) is 5.75 Å². The van der Waals surface area contributed by atoms with E-state index < -0.39 is 0 Å². The van der Waals surface area contributed by atoms with Crippen molar-refractivity contribution in [1.29, 1.82) is 0 Å². The van der Waals surface area contributed by atoms with Gasteiger partial charge < -0.3 is 10.1 Å². The molecule has 1 saturated heterocycles. The quantitative estimate of drug-likeness (QED) is 0.871. The number of piperidine rings is 1. The molecule has 3 heterocycles. The van der Waals surface area contributed by atoms with Crippen LogP contribution in [0, 0.1) is 5.92 Å². The van der Waals surface area contributed by atoms with Crippen molar-refractivity contribution in [2.75, 3.05) is 19.7 Å². The Labute approximate surface area is 167 Å². The van der Waals surface area contributed by atoms with Crippen LogP contribution in [0.1, 0.15) is 36.9 Å². The van der Waals surface area contributed by atoms with E-state index in [1.807, 2.05) is 36.5 Å². The molecule has 4 rings (SSSR count). The highest BCUT2D eigenvalue weighted by atomic mass is 16.5. The lowest BCUT2D eigenvalue weighted by atomic mass is 9.87. The number of nitrogens with one attached hydrogen (secondary N) is 1. The standard InChI is InChI=1S/C23H29N3O2/c27-23-17-28-22-11-4-3-8-18(22)7-1-2-9-19-15-26(14-12-21(19)25-23)16-20-10-5-6-13-24-20/h3-6,8,10-11,13,19,21H,1-2,7,9,12,14-17H2,(H,25,27)/t19-,21+/m0/s1. The van der Waals surface area contributed by atoms with Gasteiger partial charge in [0, 0.05) is 31.9 Å². The van der Waals surface area contributed by atoms with Crippen molar-refractivity contribution in [3.05, 3.63) is 59.9 Å². The zero-order valence-electron chi connectivity index (χ0n) is 16.3. The summed E-state index contributed by atoms with van der Waals surface area (Å²) >= 11 is 0. The number of pyridine rings is 1. The van der Waals surface area contributed by atoms with Gasteiger partial charge in [-0.2, -0.15) is 0 Å². The SMILES string of the molecule is O=C1COc2ccccc2CCCC[C@H]2CN(Cc3ccccn3)CC[C@H]2N1. The number of aryl methyl sites for hydroxylation is 1. The van der Waals surface area contributed by atoms with Crippen molar-refractivity contribution < 1.29 is 9.53 Å². The summed E-state index contributed by atoms with van der Waals surface area (Å²) in [6.07, 6.45) is 7.32. The molecule has 2 aliphatic heterocycles. The molecule has 1 aromatic carbocycles. The largest absolute Gasteiger partial charge is 0.483 e. The number of fused-ring (bicyclic) bond motifs is 2. The van der Waals surface area contributed by atoms with Gasteiger partial charge >= 0.3 is 0 Å². The fourth-order valence-corrected chi connectivity index (χ4v) is 4.42. The van der Waals surface area contributed by atoms with E-state index in [0.717, 1.165) is 56.8 Å². The van der Waals surface area contributed by atoms with Crippen LogP contribution in [0.25, 0.3) is 0 Å². The van der Waals surface area contributed by atoms with Gasteiger partial charge in [-0.3, -0.25) is 14.7 Å². The Morgan fingerprint density at radius 1 is 1.11 bits per heavy atom. The van der Waals surface area contributed by atoms with E-state index in [9.17, 15) is 4.79 Å². The number of rotatable bonds is 2. The molecule has 148 valence electrons. The molecular weight excluding hydrogens is 350 g/mol. The number of para-hydroxylation sites is 1. The second-order valence-electron chi connectivity index (χ2n) is 7.92. The summed E-state index contributed by atoms with van der Waals surface area (Å²) in [5.41, 5.74) is 2.32. The highest BCUT2D eigenvalue weighted by Gasteiger charge is 2.30. The fraction of sp³-hybridized carbons (Fsp3) is 0.478. The lowest BCUT2D eigenvalue weighted by Gasteiger charge is -2.39. The number of hydrogen-bond acceptors (Lipinski definition) is 4. The van der Waals surface area contributed by atoms with Crippen molar-refractivity contribution >= 4 is 5.91 Å². The van der Waals surface area contributed by atoms with Gasteiger partial charge in [0.1, 0.15) is 5.75 Å². The Balaban J connectivity index is 1.41. The van der Waals surface area contributed by atoms with Gasteiger partial charge in [0.25, 0.3) is 5.91 Å². The smallest absolute Gasteiger partial charge is 0.258 e. The first kappa shape index (κ1) is 18.9. The van der Waals surface area contributed by atoms with Crippen LogP contribution in [-0.4, -0.2) is 41.5 Å². The number of ether oxygens (including phenoxy) is 1. The summed E-state index contributed by atoms with van der Waals surface area (Å²) in [5, 5.41) is 3.25. The summed E-state index contributed by atoms with van der Waals surface area (Å²) < 4.78 is 5.82. The molecule has 2 atom stereocenters. The average Bonchev–Trinajstić information content (AvgIpc) is 2.72. The second kappa shape index (κ2) is 9.20. The molecule has 0 bridgehead atoms. The molecular formula is C23H29N3O2. The average molecular weight is 380 g/mol. The minimum absolute atomic E-state index is 0.0106. The highest BCUT2D eigenvalue weighted by molar-refractivity contribution is 5.78. The summed E-state index contributed by atoms with van der Waals surface area (Å²) in [4.78, 5) is 19.4. The molecule has 2 aliphatic rings. The number of aromatic nitrogens is 1. The van der Waals surface area contributed by atoms with Gasteiger partial charge in [0.2, 0.25) is 0 Å². The van der Waals surface area contributed by atoms with Gasteiger partial charge in [-0.05, 0) is 55.4 Å². The summed E-state index contributed by atoms with van der Waals surface area (Å²) in [5.74, 6) is 1.32. The Bertz CT molecular complexity index is 780. The lowest BCUT2D eigenvalue weighted by molar-refractivity contribution is -0.124. The Morgan fingerprint density at radius 3 is 2.89 bits per heavy atom. The van der Waals surface area contributed by atoms with Crippen LogP contribution in [0.2, 0.25) is 0 Å². The molecule has 0 aliphatic carbocycles. The fourth-order valence-electron chi connectivity index (χ4n) is 4.42. The van der Waals surface area contributed by atoms with E-state index in [-0.39, 0.29) is 18.6 Å². The minimum atomic E-state index is -0.0106. The van der Waals surface area contributed by atoms with Crippen molar-refractivity contribution in [3.8, 4) is 5.75 Å². The first-order valence-corrected chi connectivity index (χ1v) is 10.4. The number of hydrogen-bond donors (Lipinski definition) is 1. The Kier molecular flexibility index (Phi) is 6.22. The number of benzene rings is 1. The maximum Gasteiger partial charge on any atom is 0.258 e. The zero-order valence-corrected chi connectivity index (χ0v) is 16.3. The van der Waals surface area contributed by atoms with E-state index in [1.165, 1.54) is 12.0 Å². The number of carbonyl (C=O) groups excluding carboxylic acids is 1. The number of amides is 1. The summed E-state index contributed by atoms with van der Waals surface area (Å²) in [7, 11) is 0. The zero-order chi connectivity index (χ0) is 19.2. The topological polar surface area (TPSA) is 54.5 Å². The van der Waals surface area contributed by atoms with Crippen molar-refractivity contribution in [2.24, 2.45) is 5.92 Å². The molecule has 0 unspecified atom stereocenters. The van der Waals surface area contributed by atoms with E-state index in [2.05, 4.69) is 27.3 Å². The Morgan fingerprint density at radius 2 is 2.00 bits per heavy atom. The molecule has 1 amide bonds. The van der Waals surface area contributed by atoms with Crippen LogP contribution in [-0.2, 0) is 17.8 Å². The minimum Gasteiger partial charge on any atom is -0.483 e. The Hall–Kier alpha value is -2.40. The van der Waals surface area contributed by atoms with Gasteiger partial charge in [-0.25, -0.2) is 0 Å². The van der Waals surface area contributed by atoms with Crippen LogP contribution in [0.4, 0.5) is 0 Å². The van der Waals surface area contributed by atoms with Crippen molar-refractivity contribution in [3.63, 3.8) is 0 Å². The van der Waals surface area contributed by atoms with E-state index in [1.54, 1.807) is 0 Å². The monoisotopic (exact) mass is 379 g/mol. The third kappa shape index (κ3) is 4.90. The highest BCUT2D eigenvalue weighted by Crippen LogP contribution is 2.26. The van der Waals surface area contributed by atoms with Crippen LogP contribution < -0.4 is 10.1 Å².